The van der Waals surface area contributed by atoms with E-state index in [-0.39, 0.29) is 0 Å². The van der Waals surface area contributed by atoms with Crippen molar-refractivity contribution in [2.45, 2.75) is 26.8 Å². The molecule has 0 bridgehead atoms. The first-order valence-corrected chi connectivity index (χ1v) is 7.11. The molecule has 0 saturated heterocycles. The number of nitrogens with zero attached hydrogens (tertiary/aromatic N) is 1. The zero-order valence-electron chi connectivity index (χ0n) is 12.0. The smallest absolute Gasteiger partial charge is 0.219 e. The maximum atomic E-state index is 5.99. The Hall–Kier alpha value is -1.58. The minimum absolute atomic E-state index is 0.291. The van der Waals surface area contributed by atoms with Crippen molar-refractivity contribution in [1.82, 2.24) is 10.3 Å². The normalized spacial score (nSPS) is 12.2. The van der Waals surface area contributed by atoms with Crippen LogP contribution in [0.4, 0.5) is 0 Å². The minimum Gasteiger partial charge on any atom is -0.439 e. The molecule has 1 heterocycles. The zero-order chi connectivity index (χ0) is 14.5. The lowest BCUT2D eigenvalue weighted by atomic mass is 10.1. The largest absolute Gasteiger partial charge is 0.439 e. The summed E-state index contributed by atoms with van der Waals surface area (Å²) in [5.41, 5.74) is 2.13. The maximum absolute atomic E-state index is 5.99. The third-order valence-electron chi connectivity index (χ3n) is 3.12. The third-order valence-corrected chi connectivity index (χ3v) is 3.55. The summed E-state index contributed by atoms with van der Waals surface area (Å²) in [6.45, 7) is 7.08. The highest BCUT2D eigenvalue weighted by Crippen LogP contribution is 2.25. The van der Waals surface area contributed by atoms with Gasteiger partial charge in [-0.25, -0.2) is 4.98 Å². The average molecular weight is 291 g/mol. The fourth-order valence-corrected chi connectivity index (χ4v) is 2.05. The molecule has 1 aromatic carbocycles. The molecule has 0 fully saturated rings. The predicted molar refractivity (Wildman–Crippen MR) is 82.6 cm³/mol. The molecular formula is C16H19ClN2O. The number of nitrogens with one attached hydrogen (secondary N) is 1. The van der Waals surface area contributed by atoms with E-state index in [9.17, 15) is 0 Å². The van der Waals surface area contributed by atoms with Gasteiger partial charge in [-0.3, -0.25) is 0 Å². The van der Waals surface area contributed by atoms with E-state index in [0.717, 1.165) is 28.4 Å². The molecule has 1 atom stereocenters. The van der Waals surface area contributed by atoms with Crippen molar-refractivity contribution in [3.63, 3.8) is 0 Å². The number of hydrogen-bond acceptors (Lipinski definition) is 3. The molecule has 3 nitrogen and oxygen atoms in total. The summed E-state index contributed by atoms with van der Waals surface area (Å²) >= 11 is 5.99. The Morgan fingerprint density at radius 1 is 1.30 bits per heavy atom. The zero-order valence-corrected chi connectivity index (χ0v) is 12.7. The highest BCUT2D eigenvalue weighted by Gasteiger charge is 2.05. The van der Waals surface area contributed by atoms with Gasteiger partial charge in [0.2, 0.25) is 5.88 Å². The predicted octanol–water partition coefficient (Wildman–Crippen LogP) is 4.51. The molecule has 0 saturated carbocycles. The second kappa shape index (κ2) is 6.73. The number of halogens is 1. The Balaban J connectivity index is 2.08. The van der Waals surface area contributed by atoms with Crippen LogP contribution in [0.15, 0.2) is 36.5 Å². The Morgan fingerprint density at radius 3 is 2.70 bits per heavy atom. The van der Waals surface area contributed by atoms with Gasteiger partial charge in [0.05, 0.1) is 0 Å². The van der Waals surface area contributed by atoms with E-state index in [1.54, 1.807) is 0 Å². The van der Waals surface area contributed by atoms with Gasteiger partial charge < -0.3 is 10.1 Å². The van der Waals surface area contributed by atoms with Crippen LogP contribution < -0.4 is 10.1 Å². The fraction of sp³-hybridized carbons (Fsp3) is 0.312. The average Bonchev–Trinajstić information content (AvgIpc) is 2.44. The molecule has 2 aromatic rings. The van der Waals surface area contributed by atoms with Crippen LogP contribution in [0.3, 0.4) is 0 Å². The van der Waals surface area contributed by atoms with Crippen LogP contribution in [-0.4, -0.2) is 11.5 Å². The molecule has 0 amide bonds. The van der Waals surface area contributed by atoms with Gasteiger partial charge in [0, 0.05) is 23.3 Å². The molecule has 2 rings (SSSR count). The highest BCUT2D eigenvalue weighted by molar-refractivity contribution is 6.31. The Kier molecular flexibility index (Phi) is 4.99. The van der Waals surface area contributed by atoms with Crippen LogP contribution in [-0.2, 0) is 0 Å². The van der Waals surface area contributed by atoms with Crippen molar-refractivity contribution in [1.29, 1.82) is 0 Å². The summed E-state index contributed by atoms with van der Waals surface area (Å²) in [6, 6.07) is 9.77. The van der Waals surface area contributed by atoms with Crippen LogP contribution in [0.5, 0.6) is 11.6 Å². The third kappa shape index (κ3) is 3.71. The summed E-state index contributed by atoms with van der Waals surface area (Å²) < 4.78 is 5.72. The number of rotatable bonds is 5. The topological polar surface area (TPSA) is 34.1 Å². The molecule has 0 aliphatic rings. The molecule has 1 aromatic heterocycles. The van der Waals surface area contributed by atoms with Gasteiger partial charge in [-0.1, -0.05) is 24.6 Å². The first-order valence-electron chi connectivity index (χ1n) is 6.73. The van der Waals surface area contributed by atoms with E-state index in [2.05, 4.69) is 24.1 Å². The monoisotopic (exact) mass is 290 g/mol. The van der Waals surface area contributed by atoms with Gasteiger partial charge in [-0.2, -0.15) is 0 Å². The van der Waals surface area contributed by atoms with Gasteiger partial charge in [-0.15, -0.1) is 0 Å². The molecule has 0 radical (unpaired) electrons. The van der Waals surface area contributed by atoms with E-state index in [1.807, 2.05) is 43.5 Å². The lowest BCUT2D eigenvalue weighted by molar-refractivity contribution is 0.461. The summed E-state index contributed by atoms with van der Waals surface area (Å²) in [4.78, 5) is 4.33. The van der Waals surface area contributed by atoms with Crippen LogP contribution in [0.2, 0.25) is 5.02 Å². The van der Waals surface area contributed by atoms with Crippen LogP contribution in [0, 0.1) is 6.92 Å². The molecule has 106 valence electrons. The Labute approximate surface area is 124 Å². The fourth-order valence-electron chi connectivity index (χ4n) is 1.93. The molecule has 0 aliphatic heterocycles. The van der Waals surface area contributed by atoms with Gasteiger partial charge in [0.25, 0.3) is 0 Å². The Morgan fingerprint density at radius 2 is 2.10 bits per heavy atom. The standard InChI is InChI=1S/C16H19ClN2O/c1-4-18-12(3)13-5-8-16(19-10-13)20-14-6-7-15(17)11(2)9-14/h5-10,12,18H,4H2,1-3H3. The summed E-state index contributed by atoms with van der Waals surface area (Å²) in [5.74, 6) is 1.33. The van der Waals surface area contributed by atoms with E-state index >= 15 is 0 Å². The molecular weight excluding hydrogens is 272 g/mol. The molecule has 0 spiro atoms. The second-order valence-electron chi connectivity index (χ2n) is 4.72. The molecule has 1 unspecified atom stereocenters. The SMILES string of the molecule is CCNC(C)c1ccc(Oc2ccc(Cl)c(C)c2)nc1. The summed E-state index contributed by atoms with van der Waals surface area (Å²) in [7, 11) is 0. The first kappa shape index (κ1) is 14.8. The van der Waals surface area contributed by atoms with E-state index in [0.29, 0.717) is 11.9 Å². The number of pyridine rings is 1. The van der Waals surface area contributed by atoms with Crippen molar-refractivity contribution in [2.24, 2.45) is 0 Å². The first-order chi connectivity index (χ1) is 9.60. The number of hydrogen-bond donors (Lipinski definition) is 1. The van der Waals surface area contributed by atoms with Gasteiger partial charge >= 0.3 is 0 Å². The highest BCUT2D eigenvalue weighted by atomic mass is 35.5. The van der Waals surface area contributed by atoms with Crippen LogP contribution in [0.1, 0.15) is 31.0 Å². The van der Waals surface area contributed by atoms with E-state index in [4.69, 9.17) is 16.3 Å². The summed E-state index contributed by atoms with van der Waals surface area (Å²) in [6.07, 6.45) is 1.84. The maximum Gasteiger partial charge on any atom is 0.219 e. The van der Waals surface area contributed by atoms with Crippen LogP contribution in [0.25, 0.3) is 0 Å². The number of benzene rings is 1. The molecule has 0 aliphatic carbocycles. The second-order valence-corrected chi connectivity index (χ2v) is 5.13. The summed E-state index contributed by atoms with van der Waals surface area (Å²) in [5, 5.41) is 4.09. The lowest BCUT2D eigenvalue weighted by Gasteiger charge is -2.12. The van der Waals surface area contributed by atoms with E-state index in [1.165, 1.54) is 0 Å². The van der Waals surface area contributed by atoms with Gasteiger partial charge in [0.15, 0.2) is 0 Å². The van der Waals surface area contributed by atoms with Gasteiger partial charge in [0.1, 0.15) is 5.75 Å². The van der Waals surface area contributed by atoms with Crippen molar-refractivity contribution in [2.75, 3.05) is 6.54 Å². The van der Waals surface area contributed by atoms with Crippen LogP contribution >= 0.6 is 11.6 Å². The number of ether oxygens (including phenoxy) is 1. The Bertz CT molecular complexity index is 569. The lowest BCUT2D eigenvalue weighted by Crippen LogP contribution is -2.17. The molecule has 1 N–H and O–H groups in total. The quantitative estimate of drug-likeness (QED) is 0.880. The van der Waals surface area contributed by atoms with Crippen molar-refractivity contribution >= 4 is 11.6 Å². The van der Waals surface area contributed by atoms with Crippen molar-refractivity contribution < 1.29 is 4.74 Å². The number of aromatic nitrogens is 1. The van der Waals surface area contributed by atoms with E-state index < -0.39 is 0 Å². The molecule has 4 heteroatoms. The van der Waals surface area contributed by atoms with Crippen molar-refractivity contribution in [3.05, 3.63) is 52.7 Å². The van der Waals surface area contributed by atoms with Crippen molar-refractivity contribution in [3.8, 4) is 11.6 Å². The van der Waals surface area contributed by atoms with Gasteiger partial charge in [-0.05, 0) is 49.7 Å². The minimum atomic E-state index is 0.291. The number of aryl methyl sites for hydroxylation is 1. The molecule has 20 heavy (non-hydrogen) atoms.